The summed E-state index contributed by atoms with van der Waals surface area (Å²) < 4.78 is 0. The minimum absolute atomic E-state index is 0.0155. The summed E-state index contributed by atoms with van der Waals surface area (Å²) in [6, 6.07) is -0.732. The van der Waals surface area contributed by atoms with E-state index < -0.39 is 6.04 Å². The molecule has 1 N–H and O–H groups in total. The fourth-order valence-corrected chi connectivity index (χ4v) is 4.84. The number of rotatable bonds is 8. The molecular formula is C22H40N4O3S. The summed E-state index contributed by atoms with van der Waals surface area (Å²) in [5.41, 5.74) is 0. The largest absolute Gasteiger partial charge is 0.338 e. The van der Waals surface area contributed by atoms with Crippen LogP contribution >= 0.6 is 11.8 Å². The lowest BCUT2D eigenvalue weighted by Crippen LogP contribution is -2.55. The van der Waals surface area contributed by atoms with E-state index in [4.69, 9.17) is 0 Å². The van der Waals surface area contributed by atoms with Gasteiger partial charge in [0.1, 0.15) is 6.04 Å². The van der Waals surface area contributed by atoms with Crippen molar-refractivity contribution in [3.05, 3.63) is 0 Å². The van der Waals surface area contributed by atoms with Crippen LogP contribution in [0.15, 0.2) is 0 Å². The fourth-order valence-electron chi connectivity index (χ4n) is 4.24. The van der Waals surface area contributed by atoms with Gasteiger partial charge in [-0.05, 0) is 26.3 Å². The maximum absolute atomic E-state index is 13.0. The monoisotopic (exact) mass is 440 g/mol. The first-order valence-corrected chi connectivity index (χ1v) is 12.5. The Kier molecular flexibility index (Phi) is 11.0. The van der Waals surface area contributed by atoms with E-state index in [1.165, 1.54) is 50.3 Å². The average molecular weight is 441 g/mol. The van der Waals surface area contributed by atoms with Gasteiger partial charge in [-0.3, -0.25) is 9.59 Å². The summed E-state index contributed by atoms with van der Waals surface area (Å²) >= 11 is 1.25. The molecule has 0 aromatic rings. The number of nitrogens with one attached hydrogen (secondary N) is 1. The number of likely N-dealkylation sites (N-methyl/N-ethyl adjacent to an activating group) is 1. The van der Waals surface area contributed by atoms with Crippen molar-refractivity contribution in [2.24, 2.45) is 5.92 Å². The van der Waals surface area contributed by atoms with Gasteiger partial charge in [0.15, 0.2) is 5.12 Å². The summed E-state index contributed by atoms with van der Waals surface area (Å²) in [7, 11) is 2.05. The van der Waals surface area contributed by atoms with Crippen LogP contribution in [0.4, 0.5) is 4.79 Å². The van der Waals surface area contributed by atoms with E-state index in [-0.39, 0.29) is 17.1 Å². The van der Waals surface area contributed by atoms with Gasteiger partial charge in [-0.2, -0.15) is 0 Å². The number of nitrogens with zero attached hydrogens (tertiary/aromatic N) is 3. The third-order valence-corrected chi connectivity index (χ3v) is 7.05. The van der Waals surface area contributed by atoms with Crippen LogP contribution < -0.4 is 5.32 Å². The molecule has 0 radical (unpaired) electrons. The number of piperazine rings is 1. The highest BCUT2D eigenvalue weighted by Gasteiger charge is 2.26. The highest BCUT2D eigenvalue weighted by atomic mass is 32.2. The number of carbonyl (C=O) groups is 3. The van der Waals surface area contributed by atoms with E-state index >= 15 is 0 Å². The van der Waals surface area contributed by atoms with Crippen LogP contribution in [0.2, 0.25) is 0 Å². The molecule has 2 fully saturated rings. The van der Waals surface area contributed by atoms with Gasteiger partial charge in [0.2, 0.25) is 5.91 Å². The van der Waals surface area contributed by atoms with Gasteiger partial charge in [-0.15, -0.1) is 0 Å². The molecule has 0 spiro atoms. The van der Waals surface area contributed by atoms with Crippen LogP contribution in [0.5, 0.6) is 0 Å². The van der Waals surface area contributed by atoms with E-state index in [1.54, 1.807) is 18.7 Å². The van der Waals surface area contributed by atoms with Crippen molar-refractivity contribution in [1.82, 2.24) is 20.0 Å². The lowest BCUT2D eigenvalue weighted by Gasteiger charge is -2.34. The molecular weight excluding hydrogens is 400 g/mol. The van der Waals surface area contributed by atoms with Gasteiger partial charge in [0.25, 0.3) is 0 Å². The summed E-state index contributed by atoms with van der Waals surface area (Å²) in [6.45, 7) is 7.67. The standard InChI is InChI=1S/C22H40N4O3S/c1-18(21(28)25-14-12-24(3)13-15-25)23-22(29)26(16-17-30-19(2)27)11-10-20-8-6-4-5-7-9-20/h18,20H,4-17H2,1-3H3,(H,23,29)/t18-/m0/s1. The van der Waals surface area contributed by atoms with Crippen LogP contribution in [0, 0.1) is 5.92 Å². The molecule has 2 aliphatic rings. The average Bonchev–Trinajstić information content (AvgIpc) is 2.99. The van der Waals surface area contributed by atoms with E-state index in [9.17, 15) is 14.4 Å². The molecule has 2 rings (SSSR count). The quantitative estimate of drug-likeness (QED) is 0.588. The van der Waals surface area contributed by atoms with E-state index in [1.807, 2.05) is 4.90 Å². The fraction of sp³-hybridized carbons (Fsp3) is 0.864. The van der Waals surface area contributed by atoms with Crippen molar-refractivity contribution in [3.8, 4) is 0 Å². The van der Waals surface area contributed by atoms with Crippen molar-refractivity contribution < 1.29 is 14.4 Å². The first kappa shape index (κ1) is 25.0. The molecule has 0 unspecified atom stereocenters. The maximum atomic E-state index is 13.0. The van der Waals surface area contributed by atoms with Crippen LogP contribution in [-0.4, -0.2) is 89.9 Å². The number of thioether (sulfide) groups is 1. The molecule has 1 aliphatic carbocycles. The molecule has 172 valence electrons. The number of hydrogen-bond acceptors (Lipinski definition) is 5. The number of amides is 3. The topological polar surface area (TPSA) is 73.0 Å². The SMILES string of the molecule is CC(=O)SCCN(CCC1CCCCCC1)C(=O)N[C@@H](C)C(=O)N1CCN(C)CC1. The Morgan fingerprint density at radius 3 is 2.27 bits per heavy atom. The zero-order valence-corrected chi connectivity index (χ0v) is 19.8. The zero-order chi connectivity index (χ0) is 21.9. The predicted molar refractivity (Wildman–Crippen MR) is 123 cm³/mol. The van der Waals surface area contributed by atoms with E-state index in [0.29, 0.717) is 37.8 Å². The third-order valence-electron chi connectivity index (χ3n) is 6.26. The smallest absolute Gasteiger partial charge is 0.318 e. The van der Waals surface area contributed by atoms with Gasteiger partial charge >= 0.3 is 6.03 Å². The summed E-state index contributed by atoms with van der Waals surface area (Å²) in [5, 5.41) is 2.98. The summed E-state index contributed by atoms with van der Waals surface area (Å²) in [6.07, 6.45) is 8.70. The van der Waals surface area contributed by atoms with Crippen molar-refractivity contribution in [2.45, 2.75) is 64.8 Å². The van der Waals surface area contributed by atoms with Gasteiger partial charge in [-0.25, -0.2) is 4.79 Å². The van der Waals surface area contributed by atoms with E-state index in [0.717, 1.165) is 19.5 Å². The minimum atomic E-state index is -0.540. The van der Waals surface area contributed by atoms with Crippen molar-refractivity contribution >= 4 is 28.8 Å². The molecule has 30 heavy (non-hydrogen) atoms. The minimum Gasteiger partial charge on any atom is -0.338 e. The molecule has 1 atom stereocenters. The zero-order valence-electron chi connectivity index (χ0n) is 19.0. The molecule has 0 aromatic carbocycles. The molecule has 1 heterocycles. The molecule has 1 saturated heterocycles. The molecule has 8 heteroatoms. The predicted octanol–water partition coefficient (Wildman–Crippen LogP) is 2.80. The number of urea groups is 1. The Morgan fingerprint density at radius 1 is 1.03 bits per heavy atom. The first-order chi connectivity index (χ1) is 14.4. The van der Waals surface area contributed by atoms with Crippen molar-refractivity contribution in [3.63, 3.8) is 0 Å². The Labute approximate surface area is 186 Å². The Morgan fingerprint density at radius 2 is 1.67 bits per heavy atom. The molecule has 7 nitrogen and oxygen atoms in total. The van der Waals surface area contributed by atoms with Gasteiger partial charge in [0.05, 0.1) is 0 Å². The number of carbonyl (C=O) groups excluding carboxylic acids is 3. The van der Waals surface area contributed by atoms with Gasteiger partial charge in [-0.1, -0.05) is 50.3 Å². The second kappa shape index (κ2) is 13.2. The normalized spacial score (nSPS) is 19.8. The second-order valence-corrected chi connectivity index (χ2v) is 10.0. The lowest BCUT2D eigenvalue weighted by atomic mass is 9.96. The Bertz CT molecular complexity index is 559. The lowest BCUT2D eigenvalue weighted by molar-refractivity contribution is -0.134. The molecule has 0 bridgehead atoms. The Hall–Kier alpha value is -1.28. The highest BCUT2D eigenvalue weighted by Crippen LogP contribution is 2.25. The molecule has 1 aliphatic heterocycles. The number of hydrogen-bond donors (Lipinski definition) is 1. The van der Waals surface area contributed by atoms with Gasteiger partial charge in [0, 0.05) is 51.9 Å². The van der Waals surface area contributed by atoms with E-state index in [2.05, 4.69) is 17.3 Å². The molecule has 1 saturated carbocycles. The van der Waals surface area contributed by atoms with Crippen molar-refractivity contribution in [1.29, 1.82) is 0 Å². The summed E-state index contributed by atoms with van der Waals surface area (Å²) in [4.78, 5) is 42.8. The van der Waals surface area contributed by atoms with Gasteiger partial charge < -0.3 is 20.0 Å². The van der Waals surface area contributed by atoms with Crippen LogP contribution in [0.1, 0.15) is 58.8 Å². The van der Waals surface area contributed by atoms with Crippen LogP contribution in [0.3, 0.4) is 0 Å². The molecule has 0 aromatic heterocycles. The third kappa shape index (κ3) is 8.84. The van der Waals surface area contributed by atoms with Crippen LogP contribution in [0.25, 0.3) is 0 Å². The Balaban J connectivity index is 1.87. The first-order valence-electron chi connectivity index (χ1n) is 11.5. The molecule has 3 amide bonds. The van der Waals surface area contributed by atoms with Crippen molar-refractivity contribution in [2.75, 3.05) is 52.1 Å². The summed E-state index contributed by atoms with van der Waals surface area (Å²) in [5.74, 6) is 1.25. The second-order valence-electron chi connectivity index (χ2n) is 8.77. The maximum Gasteiger partial charge on any atom is 0.318 e. The highest BCUT2D eigenvalue weighted by molar-refractivity contribution is 8.13. The van der Waals surface area contributed by atoms with Crippen LogP contribution in [-0.2, 0) is 9.59 Å².